The van der Waals surface area contributed by atoms with E-state index in [-0.39, 0.29) is 24.0 Å². The highest BCUT2D eigenvalue weighted by Crippen LogP contribution is 2.43. The number of nitrogens with one attached hydrogen (secondary N) is 2. The number of nitrogens with zero attached hydrogens (tertiary/aromatic N) is 2. The lowest BCUT2D eigenvalue weighted by atomic mass is 9.72. The van der Waals surface area contributed by atoms with Gasteiger partial charge in [-0.25, -0.2) is 4.79 Å². The molecular weight excluding hydrogens is 440 g/mol. The number of piperazine rings is 1. The van der Waals surface area contributed by atoms with Gasteiger partial charge in [0.2, 0.25) is 0 Å². The smallest absolute Gasteiger partial charge is 0.322 e. The molecule has 1 unspecified atom stereocenters. The Morgan fingerprint density at radius 2 is 1.63 bits per heavy atom. The molecule has 2 saturated heterocycles. The van der Waals surface area contributed by atoms with Crippen LogP contribution in [0.1, 0.15) is 21.8 Å². The summed E-state index contributed by atoms with van der Waals surface area (Å²) in [6, 6.07) is 23.8. The number of methoxy groups -OCH3 is 1. The summed E-state index contributed by atoms with van der Waals surface area (Å²) < 4.78 is 5.19. The number of hydrogen-bond acceptors (Lipinski definition) is 4. The van der Waals surface area contributed by atoms with Gasteiger partial charge in [-0.2, -0.15) is 0 Å². The zero-order chi connectivity index (χ0) is 24.5. The second kappa shape index (κ2) is 9.43. The van der Waals surface area contributed by atoms with Gasteiger partial charge in [0, 0.05) is 44.4 Å². The molecule has 0 radical (unpaired) electrons. The Morgan fingerprint density at radius 3 is 2.26 bits per heavy atom. The molecular formula is C28H30N4O3. The van der Waals surface area contributed by atoms with Crippen LogP contribution < -0.4 is 15.4 Å². The number of carbonyl (C=O) groups is 2. The third-order valence-electron chi connectivity index (χ3n) is 6.97. The van der Waals surface area contributed by atoms with E-state index in [1.54, 1.807) is 26.1 Å². The standard InChI is InChI=1S/C28H30N4O3/c1-31(2)27(33)21-6-4-5-20(15-21)18-7-9-19(10-8-18)26-24-16-29-17-25(26)32(24)28(34)30-22-11-13-23(35-3)14-12-22/h4-15,24-26,29H,16-17H2,1-3H3,(H,30,34)/t24-,25+,26?. The first-order valence-electron chi connectivity index (χ1n) is 11.8. The molecule has 180 valence electrons. The van der Waals surface area contributed by atoms with Gasteiger partial charge < -0.3 is 25.2 Å². The van der Waals surface area contributed by atoms with E-state index in [0.717, 1.165) is 35.7 Å². The molecule has 3 aromatic carbocycles. The number of anilines is 1. The highest BCUT2D eigenvalue weighted by Gasteiger charge is 2.53. The molecule has 2 bridgehead atoms. The van der Waals surface area contributed by atoms with Crippen molar-refractivity contribution in [1.29, 1.82) is 0 Å². The van der Waals surface area contributed by atoms with Gasteiger partial charge in [-0.05, 0) is 53.1 Å². The van der Waals surface area contributed by atoms with Crippen molar-refractivity contribution in [2.75, 3.05) is 39.6 Å². The van der Waals surface area contributed by atoms with Crippen LogP contribution in [0.3, 0.4) is 0 Å². The fourth-order valence-corrected chi connectivity index (χ4v) is 5.17. The molecule has 0 saturated carbocycles. The third kappa shape index (κ3) is 4.35. The van der Waals surface area contributed by atoms with Crippen LogP contribution in [0.4, 0.5) is 10.5 Å². The lowest BCUT2D eigenvalue weighted by molar-refractivity contribution is 0.00202. The predicted octanol–water partition coefficient (Wildman–Crippen LogP) is 4.04. The second-order valence-corrected chi connectivity index (χ2v) is 9.29. The molecule has 5 rings (SSSR count). The van der Waals surface area contributed by atoms with Crippen molar-refractivity contribution in [3.8, 4) is 16.9 Å². The monoisotopic (exact) mass is 470 g/mol. The number of urea groups is 1. The van der Waals surface area contributed by atoms with Crippen molar-refractivity contribution in [3.63, 3.8) is 0 Å². The number of amides is 3. The predicted molar refractivity (Wildman–Crippen MR) is 137 cm³/mol. The molecule has 2 N–H and O–H groups in total. The van der Waals surface area contributed by atoms with Gasteiger partial charge in [-0.1, -0.05) is 36.4 Å². The number of benzene rings is 3. The number of carbonyl (C=O) groups excluding carboxylic acids is 2. The van der Waals surface area contributed by atoms with Crippen LogP contribution in [0.2, 0.25) is 0 Å². The molecule has 0 aliphatic carbocycles. The minimum absolute atomic E-state index is 0.00808. The van der Waals surface area contributed by atoms with Crippen LogP contribution in [0.25, 0.3) is 11.1 Å². The molecule has 2 heterocycles. The first kappa shape index (κ1) is 22.9. The molecule has 2 aliphatic rings. The van der Waals surface area contributed by atoms with E-state index < -0.39 is 0 Å². The van der Waals surface area contributed by atoms with Gasteiger partial charge in [0.25, 0.3) is 5.91 Å². The van der Waals surface area contributed by atoms with Crippen molar-refractivity contribution in [3.05, 3.63) is 83.9 Å². The zero-order valence-electron chi connectivity index (χ0n) is 20.2. The van der Waals surface area contributed by atoms with Crippen molar-refractivity contribution >= 4 is 17.6 Å². The lowest BCUT2D eigenvalue weighted by Gasteiger charge is -2.59. The number of rotatable bonds is 5. The fraction of sp³-hybridized carbons (Fsp3) is 0.286. The number of hydrogen-bond donors (Lipinski definition) is 2. The maximum absolute atomic E-state index is 13.0. The summed E-state index contributed by atoms with van der Waals surface area (Å²) in [6.45, 7) is 1.54. The topological polar surface area (TPSA) is 73.9 Å². The van der Waals surface area contributed by atoms with E-state index >= 15 is 0 Å². The maximum Gasteiger partial charge on any atom is 0.322 e. The SMILES string of the molecule is COc1ccc(NC(=O)N2[C@@H]3CNC[C@H]2C3c2ccc(-c3cccc(C(=O)N(C)C)c3)cc2)cc1. The molecule has 0 spiro atoms. The summed E-state index contributed by atoms with van der Waals surface area (Å²) in [5.74, 6) is 1.05. The molecule has 3 atom stereocenters. The first-order chi connectivity index (χ1) is 17.0. The van der Waals surface area contributed by atoms with Gasteiger partial charge in [0.15, 0.2) is 0 Å². The molecule has 3 amide bonds. The largest absolute Gasteiger partial charge is 0.497 e. The van der Waals surface area contributed by atoms with Crippen LogP contribution in [-0.4, -0.2) is 68.1 Å². The Morgan fingerprint density at radius 1 is 0.943 bits per heavy atom. The average molecular weight is 471 g/mol. The maximum atomic E-state index is 13.0. The second-order valence-electron chi connectivity index (χ2n) is 9.29. The summed E-state index contributed by atoms with van der Waals surface area (Å²) >= 11 is 0. The van der Waals surface area contributed by atoms with Gasteiger partial charge in [0.1, 0.15) is 5.75 Å². The molecule has 7 nitrogen and oxygen atoms in total. The van der Waals surface area contributed by atoms with Gasteiger partial charge in [0.05, 0.1) is 19.2 Å². The van der Waals surface area contributed by atoms with Crippen LogP contribution >= 0.6 is 0 Å². The zero-order valence-corrected chi connectivity index (χ0v) is 20.2. The van der Waals surface area contributed by atoms with Gasteiger partial charge in [-0.3, -0.25) is 4.79 Å². The fourth-order valence-electron chi connectivity index (χ4n) is 5.17. The van der Waals surface area contributed by atoms with E-state index in [2.05, 4.69) is 34.9 Å². The average Bonchev–Trinajstić information content (AvgIpc) is 2.89. The summed E-state index contributed by atoms with van der Waals surface area (Å²) in [5, 5.41) is 6.46. The molecule has 35 heavy (non-hydrogen) atoms. The molecule has 7 heteroatoms. The Hall–Kier alpha value is -3.84. The summed E-state index contributed by atoms with van der Waals surface area (Å²) in [5.41, 5.74) is 4.75. The Bertz CT molecular complexity index is 1210. The van der Waals surface area contributed by atoms with E-state index in [0.29, 0.717) is 11.5 Å². The summed E-state index contributed by atoms with van der Waals surface area (Å²) in [6.07, 6.45) is 0. The van der Waals surface area contributed by atoms with E-state index in [1.165, 1.54) is 5.56 Å². The van der Waals surface area contributed by atoms with Crippen molar-refractivity contribution < 1.29 is 14.3 Å². The Labute approximate surface area is 205 Å². The Balaban J connectivity index is 1.29. The summed E-state index contributed by atoms with van der Waals surface area (Å²) in [7, 11) is 5.14. The quantitative estimate of drug-likeness (QED) is 0.590. The van der Waals surface area contributed by atoms with Crippen molar-refractivity contribution in [2.24, 2.45) is 0 Å². The number of ether oxygens (including phenoxy) is 1. The lowest BCUT2D eigenvalue weighted by Crippen LogP contribution is -2.74. The van der Waals surface area contributed by atoms with Crippen LogP contribution in [0, 0.1) is 0 Å². The highest BCUT2D eigenvalue weighted by atomic mass is 16.5. The Kier molecular flexibility index (Phi) is 6.17. The first-order valence-corrected chi connectivity index (χ1v) is 11.8. The summed E-state index contributed by atoms with van der Waals surface area (Å²) in [4.78, 5) is 28.9. The molecule has 3 aromatic rings. The van der Waals surface area contributed by atoms with Gasteiger partial charge >= 0.3 is 6.03 Å². The highest BCUT2D eigenvalue weighted by molar-refractivity contribution is 5.95. The van der Waals surface area contributed by atoms with Crippen molar-refractivity contribution in [1.82, 2.24) is 15.1 Å². The normalized spacial score (nSPS) is 20.5. The van der Waals surface area contributed by atoms with E-state index in [1.807, 2.05) is 53.4 Å². The molecule has 2 fully saturated rings. The minimum Gasteiger partial charge on any atom is -0.497 e. The van der Waals surface area contributed by atoms with Crippen LogP contribution in [0.5, 0.6) is 5.75 Å². The van der Waals surface area contributed by atoms with Crippen molar-refractivity contribution in [2.45, 2.75) is 18.0 Å². The van der Waals surface area contributed by atoms with Crippen LogP contribution in [-0.2, 0) is 0 Å². The van der Waals surface area contributed by atoms with Gasteiger partial charge in [-0.15, -0.1) is 0 Å². The molecule has 0 aromatic heterocycles. The third-order valence-corrected chi connectivity index (χ3v) is 6.97. The van der Waals surface area contributed by atoms with E-state index in [9.17, 15) is 9.59 Å². The van der Waals surface area contributed by atoms with E-state index in [4.69, 9.17) is 4.74 Å². The number of piperidine rings is 1. The van der Waals surface area contributed by atoms with Crippen LogP contribution in [0.15, 0.2) is 72.8 Å². The molecule has 2 aliphatic heterocycles. The number of fused-ring (bicyclic) bond motifs is 2. The minimum atomic E-state index is -0.0677.